The summed E-state index contributed by atoms with van der Waals surface area (Å²) in [6, 6.07) is 2.06. The van der Waals surface area contributed by atoms with E-state index in [1.807, 2.05) is 0 Å². The van der Waals surface area contributed by atoms with Gasteiger partial charge in [0, 0.05) is 25.3 Å². The van der Waals surface area contributed by atoms with Crippen LogP contribution in [0, 0.1) is 0 Å². The molecule has 0 aromatic carbocycles. The Balaban J connectivity index is 2.02. The normalized spacial score (nSPS) is 17.7. The first-order valence-electron chi connectivity index (χ1n) is 4.88. The molecule has 2 rings (SSSR count). The first kappa shape index (κ1) is 10.6. The Morgan fingerprint density at radius 1 is 1.40 bits per heavy atom. The van der Waals surface area contributed by atoms with Crippen molar-refractivity contribution in [2.45, 2.75) is 18.9 Å². The zero-order chi connectivity index (χ0) is 10.7. The van der Waals surface area contributed by atoms with E-state index in [9.17, 15) is 0 Å². The highest BCUT2D eigenvalue weighted by molar-refractivity contribution is 9.10. The molecule has 3 N–H and O–H groups in total. The molecule has 0 unspecified atom stereocenters. The minimum atomic E-state index is 0.382. The van der Waals surface area contributed by atoms with Gasteiger partial charge in [0.2, 0.25) is 5.95 Å². The minimum absolute atomic E-state index is 0.382. The van der Waals surface area contributed by atoms with E-state index < -0.39 is 0 Å². The minimum Gasteiger partial charge on any atom is -0.383 e. The van der Waals surface area contributed by atoms with Crippen molar-refractivity contribution >= 4 is 27.7 Å². The van der Waals surface area contributed by atoms with Gasteiger partial charge in [-0.15, -0.1) is 0 Å². The average molecular weight is 273 g/mol. The molecule has 0 atom stereocenters. The summed E-state index contributed by atoms with van der Waals surface area (Å²) in [5.41, 5.74) is 5.62. The number of nitrogens with zero attached hydrogens (tertiary/aromatic N) is 2. The fourth-order valence-corrected chi connectivity index (χ4v) is 1.93. The number of hydrogen-bond donors (Lipinski definition) is 2. The molecule has 1 saturated heterocycles. The van der Waals surface area contributed by atoms with E-state index in [4.69, 9.17) is 10.5 Å². The van der Waals surface area contributed by atoms with E-state index >= 15 is 0 Å². The molecule has 0 amide bonds. The van der Waals surface area contributed by atoms with E-state index in [1.165, 1.54) is 0 Å². The highest BCUT2D eigenvalue weighted by atomic mass is 79.9. The molecule has 1 aliphatic rings. The summed E-state index contributed by atoms with van der Waals surface area (Å²) >= 11 is 3.28. The zero-order valence-electron chi connectivity index (χ0n) is 8.24. The Hall–Kier alpha value is -0.880. The van der Waals surface area contributed by atoms with E-state index in [1.54, 1.807) is 6.07 Å². The van der Waals surface area contributed by atoms with Gasteiger partial charge in [-0.1, -0.05) is 0 Å². The van der Waals surface area contributed by atoms with Gasteiger partial charge in [-0.25, -0.2) is 4.98 Å². The van der Waals surface area contributed by atoms with E-state index in [0.717, 1.165) is 26.1 Å². The summed E-state index contributed by atoms with van der Waals surface area (Å²) in [7, 11) is 0. The number of nitrogen functional groups attached to an aromatic ring is 1. The largest absolute Gasteiger partial charge is 0.383 e. The third kappa shape index (κ3) is 3.04. The highest BCUT2D eigenvalue weighted by Crippen LogP contribution is 2.16. The summed E-state index contributed by atoms with van der Waals surface area (Å²) in [6.45, 7) is 1.59. The number of rotatable bonds is 2. The van der Waals surface area contributed by atoms with Gasteiger partial charge in [0.25, 0.3) is 0 Å². The van der Waals surface area contributed by atoms with Crippen LogP contribution in [0.2, 0.25) is 0 Å². The van der Waals surface area contributed by atoms with Crippen LogP contribution in [0.4, 0.5) is 11.8 Å². The van der Waals surface area contributed by atoms with Crippen molar-refractivity contribution in [3.05, 3.63) is 10.7 Å². The number of halogens is 1. The predicted molar refractivity (Wildman–Crippen MR) is 61.6 cm³/mol. The predicted octanol–water partition coefficient (Wildman–Crippen LogP) is 1.41. The molecular formula is C9H13BrN4O. The lowest BCUT2D eigenvalue weighted by Crippen LogP contribution is -2.28. The van der Waals surface area contributed by atoms with Gasteiger partial charge in [0.1, 0.15) is 10.4 Å². The molecule has 0 aliphatic carbocycles. The number of nitrogens with two attached hydrogens (primary N) is 1. The standard InChI is InChI=1S/C9H13BrN4O/c10-7-5-8(11)14-9(13-7)12-6-1-3-15-4-2-6/h5-6H,1-4H2,(H3,11,12,13,14). The fraction of sp³-hybridized carbons (Fsp3) is 0.556. The maximum atomic E-state index is 5.62. The number of hydrogen-bond acceptors (Lipinski definition) is 5. The third-order valence-corrected chi connectivity index (χ3v) is 2.68. The van der Waals surface area contributed by atoms with Crippen molar-refractivity contribution in [3.63, 3.8) is 0 Å². The molecule has 82 valence electrons. The summed E-state index contributed by atoms with van der Waals surface area (Å²) in [6.07, 6.45) is 1.96. The van der Waals surface area contributed by atoms with Crippen molar-refractivity contribution in [1.29, 1.82) is 0 Å². The molecule has 6 heteroatoms. The topological polar surface area (TPSA) is 73.1 Å². The van der Waals surface area contributed by atoms with Crippen molar-refractivity contribution in [2.24, 2.45) is 0 Å². The molecule has 0 saturated carbocycles. The molecule has 5 nitrogen and oxygen atoms in total. The van der Waals surface area contributed by atoms with Crippen LogP contribution in [-0.4, -0.2) is 29.2 Å². The van der Waals surface area contributed by atoms with Crippen LogP contribution >= 0.6 is 15.9 Å². The Kier molecular flexibility index (Phi) is 3.37. The molecule has 1 aromatic rings. The second-order valence-corrected chi connectivity index (χ2v) is 4.28. The molecule has 0 bridgehead atoms. The lowest BCUT2D eigenvalue weighted by atomic mass is 10.1. The first-order chi connectivity index (χ1) is 7.24. The molecule has 0 spiro atoms. The van der Waals surface area contributed by atoms with Gasteiger partial charge in [-0.3, -0.25) is 0 Å². The van der Waals surface area contributed by atoms with Gasteiger partial charge in [0.05, 0.1) is 0 Å². The summed E-state index contributed by atoms with van der Waals surface area (Å²) < 4.78 is 5.97. The molecule has 0 radical (unpaired) electrons. The second kappa shape index (κ2) is 4.76. The Morgan fingerprint density at radius 2 is 2.13 bits per heavy atom. The Labute approximate surface area is 96.6 Å². The van der Waals surface area contributed by atoms with Gasteiger partial charge >= 0.3 is 0 Å². The van der Waals surface area contributed by atoms with Crippen LogP contribution in [0.15, 0.2) is 10.7 Å². The summed E-state index contributed by atoms with van der Waals surface area (Å²) in [5.74, 6) is 1.04. The molecule has 15 heavy (non-hydrogen) atoms. The lowest BCUT2D eigenvalue weighted by Gasteiger charge is -2.23. The van der Waals surface area contributed by atoms with Crippen LogP contribution in [0.25, 0.3) is 0 Å². The fourth-order valence-electron chi connectivity index (χ4n) is 1.52. The molecular weight excluding hydrogens is 260 g/mol. The van der Waals surface area contributed by atoms with Gasteiger partial charge in [-0.2, -0.15) is 4.98 Å². The second-order valence-electron chi connectivity index (χ2n) is 3.47. The van der Waals surface area contributed by atoms with Gasteiger partial charge < -0.3 is 15.8 Å². The van der Waals surface area contributed by atoms with Crippen LogP contribution in [-0.2, 0) is 4.74 Å². The monoisotopic (exact) mass is 272 g/mol. The van der Waals surface area contributed by atoms with E-state index in [2.05, 4.69) is 31.2 Å². The van der Waals surface area contributed by atoms with Crippen molar-refractivity contribution in [2.75, 3.05) is 24.3 Å². The summed E-state index contributed by atoms with van der Waals surface area (Å²) in [4.78, 5) is 8.31. The Bertz CT molecular complexity index is 321. The molecule has 1 aliphatic heterocycles. The van der Waals surface area contributed by atoms with Crippen molar-refractivity contribution < 1.29 is 4.74 Å². The zero-order valence-corrected chi connectivity index (χ0v) is 9.83. The third-order valence-electron chi connectivity index (χ3n) is 2.27. The molecule has 1 fully saturated rings. The maximum absolute atomic E-state index is 5.62. The lowest BCUT2D eigenvalue weighted by molar-refractivity contribution is 0.0903. The maximum Gasteiger partial charge on any atom is 0.225 e. The van der Waals surface area contributed by atoms with E-state index in [-0.39, 0.29) is 0 Å². The van der Waals surface area contributed by atoms with Crippen LogP contribution in [0.5, 0.6) is 0 Å². The smallest absolute Gasteiger partial charge is 0.225 e. The number of ether oxygens (including phenoxy) is 1. The van der Waals surface area contributed by atoms with Gasteiger partial charge in [-0.05, 0) is 28.8 Å². The SMILES string of the molecule is Nc1cc(Br)nc(NC2CCOCC2)n1. The molecule has 1 aromatic heterocycles. The van der Waals surface area contributed by atoms with Crippen LogP contribution in [0.3, 0.4) is 0 Å². The average Bonchev–Trinajstić information content (AvgIpc) is 2.17. The van der Waals surface area contributed by atoms with E-state index in [0.29, 0.717) is 22.4 Å². The summed E-state index contributed by atoms with van der Waals surface area (Å²) in [5, 5.41) is 3.25. The number of nitrogens with one attached hydrogen (secondary N) is 1. The Morgan fingerprint density at radius 3 is 2.80 bits per heavy atom. The highest BCUT2D eigenvalue weighted by Gasteiger charge is 2.14. The number of aromatic nitrogens is 2. The van der Waals surface area contributed by atoms with Crippen molar-refractivity contribution in [1.82, 2.24) is 9.97 Å². The molecule has 2 heterocycles. The van der Waals surface area contributed by atoms with Crippen molar-refractivity contribution in [3.8, 4) is 0 Å². The van der Waals surface area contributed by atoms with Gasteiger partial charge in [0.15, 0.2) is 0 Å². The van der Waals surface area contributed by atoms with Crippen LogP contribution < -0.4 is 11.1 Å². The first-order valence-corrected chi connectivity index (χ1v) is 5.67. The van der Waals surface area contributed by atoms with Crippen LogP contribution in [0.1, 0.15) is 12.8 Å². The quantitative estimate of drug-likeness (QED) is 0.797. The number of anilines is 2.